The van der Waals surface area contributed by atoms with E-state index in [0.29, 0.717) is 0 Å². The van der Waals surface area contributed by atoms with Crippen molar-refractivity contribution < 1.29 is 4.79 Å². The molecule has 5 heteroatoms. The number of hydrogen-bond donors (Lipinski definition) is 1. The van der Waals surface area contributed by atoms with Crippen LogP contribution in [0.4, 0.5) is 0 Å². The topological polar surface area (TPSA) is 46.3 Å². The van der Waals surface area contributed by atoms with E-state index in [0.717, 1.165) is 33.6 Å². The predicted octanol–water partition coefficient (Wildman–Crippen LogP) is 3.16. The Morgan fingerprint density at radius 2 is 2.33 bits per heavy atom. The predicted molar refractivity (Wildman–Crippen MR) is 79.1 cm³/mol. The molecule has 0 unspecified atom stereocenters. The highest BCUT2D eigenvalue weighted by molar-refractivity contribution is 9.11. The van der Waals surface area contributed by atoms with Gasteiger partial charge in [0.15, 0.2) is 0 Å². The van der Waals surface area contributed by atoms with Crippen LogP contribution in [-0.4, -0.2) is 29.4 Å². The highest BCUT2D eigenvalue weighted by Gasteiger charge is 2.31. The molecule has 1 amide bonds. The minimum absolute atomic E-state index is 0.0350. The number of aryl methyl sites for hydroxylation is 1. The van der Waals surface area contributed by atoms with Gasteiger partial charge in [-0.15, -0.1) is 11.3 Å². The molecule has 2 heterocycles. The number of amides is 1. The molecule has 18 heavy (non-hydrogen) atoms. The summed E-state index contributed by atoms with van der Waals surface area (Å²) in [6.07, 6.45) is 3.26. The van der Waals surface area contributed by atoms with Crippen LogP contribution in [0.1, 0.15) is 41.4 Å². The van der Waals surface area contributed by atoms with Crippen molar-refractivity contribution in [2.24, 2.45) is 5.73 Å². The van der Waals surface area contributed by atoms with Gasteiger partial charge >= 0.3 is 0 Å². The van der Waals surface area contributed by atoms with Gasteiger partial charge in [-0.3, -0.25) is 4.79 Å². The Morgan fingerprint density at radius 3 is 2.89 bits per heavy atom. The number of nitrogens with zero attached hydrogens (tertiary/aromatic N) is 1. The van der Waals surface area contributed by atoms with Gasteiger partial charge in [0.2, 0.25) is 0 Å². The second kappa shape index (κ2) is 5.72. The van der Waals surface area contributed by atoms with Crippen LogP contribution < -0.4 is 5.73 Å². The second-order valence-corrected chi connectivity index (χ2v) is 7.54. The minimum atomic E-state index is 0.0350. The molecule has 0 bridgehead atoms. The molecule has 1 aliphatic heterocycles. The van der Waals surface area contributed by atoms with Crippen LogP contribution in [0, 0.1) is 6.92 Å². The zero-order valence-corrected chi connectivity index (χ0v) is 13.2. The summed E-state index contributed by atoms with van der Waals surface area (Å²) in [6.45, 7) is 4.84. The van der Waals surface area contributed by atoms with Gasteiger partial charge in [-0.05, 0) is 55.1 Å². The van der Waals surface area contributed by atoms with E-state index in [1.807, 2.05) is 24.8 Å². The third-order valence-corrected chi connectivity index (χ3v) is 5.21. The van der Waals surface area contributed by atoms with Crippen LogP contribution >= 0.6 is 27.3 Å². The molecule has 1 aromatic heterocycles. The Kier molecular flexibility index (Phi) is 4.45. The first-order chi connectivity index (χ1) is 8.50. The lowest BCUT2D eigenvalue weighted by atomic mass is 9.96. The maximum Gasteiger partial charge on any atom is 0.256 e. The first-order valence-electron chi connectivity index (χ1n) is 6.33. The van der Waals surface area contributed by atoms with E-state index in [4.69, 9.17) is 5.73 Å². The molecular weight excluding hydrogens is 312 g/mol. The molecule has 0 saturated carbocycles. The molecular formula is C13H19BrN2OS. The largest absolute Gasteiger partial charge is 0.334 e. The van der Waals surface area contributed by atoms with E-state index in [1.54, 1.807) is 11.3 Å². The highest BCUT2D eigenvalue weighted by Crippen LogP contribution is 2.30. The number of halogens is 1. The molecule has 1 aromatic rings. The van der Waals surface area contributed by atoms with E-state index < -0.39 is 0 Å². The Morgan fingerprint density at radius 1 is 1.61 bits per heavy atom. The van der Waals surface area contributed by atoms with Crippen LogP contribution in [-0.2, 0) is 0 Å². The summed E-state index contributed by atoms with van der Waals surface area (Å²) in [6, 6.07) is 2.18. The molecule has 0 aromatic carbocycles. The van der Waals surface area contributed by atoms with Crippen molar-refractivity contribution in [1.82, 2.24) is 4.90 Å². The van der Waals surface area contributed by atoms with Gasteiger partial charge in [-0.25, -0.2) is 0 Å². The average molecular weight is 331 g/mol. The van der Waals surface area contributed by atoms with Gasteiger partial charge in [-0.2, -0.15) is 0 Å². The summed E-state index contributed by atoms with van der Waals surface area (Å²) < 4.78 is 0.930. The number of rotatable bonds is 2. The molecule has 0 aliphatic carbocycles. The summed E-state index contributed by atoms with van der Waals surface area (Å²) in [7, 11) is 0. The fourth-order valence-corrected chi connectivity index (χ4v) is 4.31. The lowest BCUT2D eigenvalue weighted by Crippen LogP contribution is -2.51. The van der Waals surface area contributed by atoms with Crippen molar-refractivity contribution in [1.29, 1.82) is 0 Å². The molecule has 0 spiro atoms. The maximum absolute atomic E-state index is 12.6. The first kappa shape index (κ1) is 14.0. The van der Waals surface area contributed by atoms with Gasteiger partial charge in [0, 0.05) is 23.5 Å². The summed E-state index contributed by atoms with van der Waals surface area (Å²) in [5, 5.41) is 0. The average Bonchev–Trinajstić information content (AvgIpc) is 2.67. The Bertz CT molecular complexity index is 444. The maximum atomic E-state index is 12.6. The third-order valence-electron chi connectivity index (χ3n) is 3.46. The van der Waals surface area contributed by atoms with Crippen molar-refractivity contribution in [2.45, 2.75) is 45.2 Å². The molecule has 2 atom stereocenters. The lowest BCUT2D eigenvalue weighted by Gasteiger charge is -2.38. The van der Waals surface area contributed by atoms with Crippen LogP contribution in [0.15, 0.2) is 9.85 Å². The zero-order chi connectivity index (χ0) is 13.3. The van der Waals surface area contributed by atoms with Gasteiger partial charge in [0.1, 0.15) is 0 Å². The molecule has 3 nitrogen and oxygen atoms in total. The summed E-state index contributed by atoms with van der Waals surface area (Å²) in [5.74, 6) is 0.119. The number of carbonyl (C=O) groups excluding carboxylic acids is 1. The second-order valence-electron chi connectivity index (χ2n) is 4.97. The standard InChI is InChI=1S/C13H19BrN2OS/c1-8-7-10(12(14)18-8)13(17)16-6-4-3-5-11(16)9(2)15/h7,9,11H,3-6,15H2,1-2H3/t9-,11-/m1/s1. The third kappa shape index (κ3) is 2.78. The quantitative estimate of drug-likeness (QED) is 0.905. The van der Waals surface area contributed by atoms with Crippen molar-refractivity contribution in [3.63, 3.8) is 0 Å². The van der Waals surface area contributed by atoms with Crippen LogP contribution in [0.5, 0.6) is 0 Å². The Labute approximate surface area is 120 Å². The fraction of sp³-hybridized carbons (Fsp3) is 0.615. The van der Waals surface area contributed by atoms with Crippen molar-refractivity contribution in [3.8, 4) is 0 Å². The fourth-order valence-electron chi connectivity index (χ4n) is 2.54. The van der Waals surface area contributed by atoms with E-state index in [-0.39, 0.29) is 18.0 Å². The van der Waals surface area contributed by atoms with Crippen LogP contribution in [0.3, 0.4) is 0 Å². The summed E-state index contributed by atoms with van der Waals surface area (Å²) in [5.41, 5.74) is 6.80. The SMILES string of the molecule is Cc1cc(C(=O)N2CCCC[C@@H]2[C@@H](C)N)c(Br)s1. The normalized spacial score (nSPS) is 22.0. The Hall–Kier alpha value is -0.390. The van der Waals surface area contributed by atoms with Gasteiger partial charge in [0.05, 0.1) is 9.35 Å². The Balaban J connectivity index is 2.23. The van der Waals surface area contributed by atoms with E-state index in [9.17, 15) is 4.79 Å². The number of hydrogen-bond acceptors (Lipinski definition) is 3. The van der Waals surface area contributed by atoms with Gasteiger partial charge in [-0.1, -0.05) is 0 Å². The number of carbonyl (C=O) groups is 1. The summed E-state index contributed by atoms with van der Waals surface area (Å²) >= 11 is 5.09. The van der Waals surface area contributed by atoms with Crippen LogP contribution in [0.25, 0.3) is 0 Å². The zero-order valence-electron chi connectivity index (χ0n) is 10.8. The van der Waals surface area contributed by atoms with E-state index in [2.05, 4.69) is 15.9 Å². The smallest absolute Gasteiger partial charge is 0.256 e. The van der Waals surface area contributed by atoms with Gasteiger partial charge in [0.25, 0.3) is 5.91 Å². The molecule has 0 radical (unpaired) electrons. The molecule has 2 N–H and O–H groups in total. The monoisotopic (exact) mass is 330 g/mol. The number of likely N-dealkylation sites (tertiary alicyclic amines) is 1. The molecule has 100 valence electrons. The molecule has 1 saturated heterocycles. The van der Waals surface area contributed by atoms with Crippen molar-refractivity contribution in [2.75, 3.05) is 6.54 Å². The number of thiophene rings is 1. The van der Waals surface area contributed by atoms with Crippen LogP contribution in [0.2, 0.25) is 0 Å². The van der Waals surface area contributed by atoms with Gasteiger partial charge < -0.3 is 10.6 Å². The molecule has 1 fully saturated rings. The van der Waals surface area contributed by atoms with Crippen molar-refractivity contribution >= 4 is 33.2 Å². The van der Waals surface area contributed by atoms with E-state index in [1.165, 1.54) is 6.42 Å². The first-order valence-corrected chi connectivity index (χ1v) is 7.94. The van der Waals surface area contributed by atoms with E-state index >= 15 is 0 Å². The van der Waals surface area contributed by atoms with Crippen molar-refractivity contribution in [3.05, 3.63) is 20.3 Å². The minimum Gasteiger partial charge on any atom is -0.334 e. The lowest BCUT2D eigenvalue weighted by molar-refractivity contribution is 0.0583. The number of nitrogens with two attached hydrogens (primary N) is 1. The summed E-state index contributed by atoms with van der Waals surface area (Å²) in [4.78, 5) is 15.7. The molecule has 2 rings (SSSR count). The highest BCUT2D eigenvalue weighted by atomic mass is 79.9. The number of piperidine rings is 1. The molecule has 1 aliphatic rings.